The number of likely N-dealkylation sites (N-methyl/N-ethyl adjacent to an activating group) is 1. The van der Waals surface area contributed by atoms with Gasteiger partial charge in [0.05, 0.1) is 19.8 Å². The van der Waals surface area contributed by atoms with Crippen LogP contribution in [0.4, 0.5) is 0 Å². The van der Waals surface area contributed by atoms with Gasteiger partial charge < -0.3 is 19.5 Å². The molecule has 2 N–H and O–H groups in total. The van der Waals surface area contributed by atoms with Gasteiger partial charge in [0, 0.05) is 5.02 Å². The fourth-order valence-corrected chi connectivity index (χ4v) is 2.63. The number of hydrogen-bond donors (Lipinski definition) is 2. The zero-order valence-corrected chi connectivity index (χ0v) is 15.6. The average molecular weight is 365 g/mol. The van der Waals surface area contributed by atoms with Gasteiger partial charge >= 0.3 is 0 Å². The van der Waals surface area contributed by atoms with Gasteiger partial charge in [0.2, 0.25) is 0 Å². The summed E-state index contributed by atoms with van der Waals surface area (Å²) < 4.78 is 11.4. The van der Waals surface area contributed by atoms with Crippen molar-refractivity contribution < 1.29 is 19.5 Å². The maximum absolute atomic E-state index is 10.2. The van der Waals surface area contributed by atoms with Gasteiger partial charge in [-0.2, -0.15) is 0 Å². The monoisotopic (exact) mass is 364 g/mol. The van der Waals surface area contributed by atoms with E-state index in [1.807, 2.05) is 68.6 Å². The Bertz CT molecular complexity index is 606. The lowest BCUT2D eigenvalue weighted by Crippen LogP contribution is -3.10. The minimum absolute atomic E-state index is 0.0753. The summed E-state index contributed by atoms with van der Waals surface area (Å²) in [7, 11) is 2.04. The zero-order valence-electron chi connectivity index (χ0n) is 14.8. The summed E-state index contributed by atoms with van der Waals surface area (Å²) in [5.41, 5.74) is 1.05. The van der Waals surface area contributed by atoms with Crippen LogP contribution in [-0.2, 0) is 4.74 Å². The molecule has 5 heteroatoms. The molecule has 0 saturated carbocycles. The van der Waals surface area contributed by atoms with Crippen LogP contribution in [0.2, 0.25) is 5.02 Å². The second kappa shape index (κ2) is 10.4. The summed E-state index contributed by atoms with van der Waals surface area (Å²) in [4.78, 5) is 1.20. The first-order valence-corrected chi connectivity index (χ1v) is 8.96. The molecule has 0 spiro atoms. The third kappa shape index (κ3) is 7.45. The second-order valence-electron chi connectivity index (χ2n) is 6.25. The molecule has 0 aliphatic rings. The van der Waals surface area contributed by atoms with Crippen molar-refractivity contribution in [1.29, 1.82) is 0 Å². The lowest BCUT2D eigenvalue weighted by Gasteiger charge is -2.20. The zero-order chi connectivity index (χ0) is 18.1. The van der Waals surface area contributed by atoms with Gasteiger partial charge in [0.25, 0.3) is 0 Å². The molecule has 0 radical (unpaired) electrons. The molecule has 25 heavy (non-hydrogen) atoms. The summed E-state index contributed by atoms with van der Waals surface area (Å²) in [6, 6.07) is 17.3. The highest BCUT2D eigenvalue weighted by atomic mass is 35.5. The molecule has 0 bridgehead atoms. The van der Waals surface area contributed by atoms with Crippen molar-refractivity contribution in [1.82, 2.24) is 0 Å². The molecule has 2 aromatic rings. The number of aliphatic hydroxyl groups excluding tert-OH is 1. The van der Waals surface area contributed by atoms with Crippen molar-refractivity contribution in [3.05, 3.63) is 65.2 Å². The van der Waals surface area contributed by atoms with Gasteiger partial charge in [-0.15, -0.1) is 0 Å². The number of hydrogen-bond acceptors (Lipinski definition) is 3. The van der Waals surface area contributed by atoms with E-state index in [1.165, 1.54) is 4.90 Å². The van der Waals surface area contributed by atoms with Crippen LogP contribution in [0.25, 0.3) is 0 Å². The molecule has 0 fully saturated rings. The van der Waals surface area contributed by atoms with Crippen LogP contribution in [0.3, 0.4) is 0 Å². The molecule has 2 rings (SSSR count). The van der Waals surface area contributed by atoms with E-state index in [1.54, 1.807) is 0 Å². The van der Waals surface area contributed by atoms with Crippen LogP contribution in [0, 0.1) is 0 Å². The predicted molar refractivity (Wildman–Crippen MR) is 100 cm³/mol. The first kappa shape index (κ1) is 19.7. The standard InChI is InChI=1S/C20H26ClNO3/c1-16(17-8-10-18(21)11-9-17)25-15-19(23)14-22(2)12-13-24-20-6-4-3-5-7-20/h3-11,16,19,23H,12-15H2,1-2H3/p+1/t16-,19-/m0/s1. The van der Waals surface area contributed by atoms with Crippen LogP contribution in [-0.4, -0.2) is 44.6 Å². The molecular formula is C20H27ClNO3+. The number of ether oxygens (including phenoxy) is 2. The number of rotatable bonds is 10. The minimum atomic E-state index is -0.508. The number of aliphatic hydroxyl groups is 1. The maximum atomic E-state index is 10.2. The molecule has 4 nitrogen and oxygen atoms in total. The van der Waals surface area contributed by atoms with E-state index in [9.17, 15) is 5.11 Å². The molecule has 3 atom stereocenters. The third-order valence-corrected chi connectivity index (χ3v) is 4.25. The normalized spacial score (nSPS) is 14.7. The SMILES string of the molecule is C[C@H](OC[C@@H](O)C[NH+](C)CCOc1ccccc1)c1ccc(Cl)cc1. The first-order valence-electron chi connectivity index (χ1n) is 8.59. The summed E-state index contributed by atoms with van der Waals surface area (Å²) in [5.74, 6) is 0.871. The number of para-hydroxylation sites is 1. The van der Waals surface area contributed by atoms with Crippen LogP contribution in [0.1, 0.15) is 18.6 Å². The van der Waals surface area contributed by atoms with Crippen LogP contribution < -0.4 is 9.64 Å². The largest absolute Gasteiger partial charge is 0.488 e. The van der Waals surface area contributed by atoms with Crippen molar-refractivity contribution in [3.63, 3.8) is 0 Å². The highest BCUT2D eigenvalue weighted by Crippen LogP contribution is 2.19. The van der Waals surface area contributed by atoms with E-state index in [0.717, 1.165) is 17.9 Å². The van der Waals surface area contributed by atoms with Crippen LogP contribution in [0.5, 0.6) is 5.75 Å². The second-order valence-corrected chi connectivity index (χ2v) is 6.69. The molecule has 2 aromatic carbocycles. The number of halogens is 1. The fraction of sp³-hybridized carbons (Fsp3) is 0.400. The molecule has 1 unspecified atom stereocenters. The first-order chi connectivity index (χ1) is 12.0. The predicted octanol–water partition coefficient (Wildman–Crippen LogP) is 2.37. The number of benzene rings is 2. The fourth-order valence-electron chi connectivity index (χ4n) is 2.51. The highest BCUT2D eigenvalue weighted by Gasteiger charge is 2.14. The topological polar surface area (TPSA) is 43.1 Å². The number of quaternary nitrogens is 1. The summed E-state index contributed by atoms with van der Waals surface area (Å²) in [5, 5.41) is 10.9. The Morgan fingerprint density at radius 2 is 1.76 bits per heavy atom. The van der Waals surface area contributed by atoms with Gasteiger partial charge in [0.15, 0.2) is 0 Å². The molecule has 0 saturated heterocycles. The van der Waals surface area contributed by atoms with Crippen LogP contribution >= 0.6 is 11.6 Å². The van der Waals surface area contributed by atoms with Crippen molar-refractivity contribution >= 4 is 11.6 Å². The molecule has 0 amide bonds. The highest BCUT2D eigenvalue weighted by molar-refractivity contribution is 6.30. The molecule has 0 aliphatic carbocycles. The van der Waals surface area contributed by atoms with E-state index in [-0.39, 0.29) is 6.10 Å². The minimum Gasteiger partial charge on any atom is -0.488 e. The summed E-state index contributed by atoms with van der Waals surface area (Å²) >= 11 is 5.89. The van der Waals surface area contributed by atoms with E-state index in [4.69, 9.17) is 21.1 Å². The quantitative estimate of drug-likeness (QED) is 0.680. The van der Waals surface area contributed by atoms with Gasteiger partial charge in [-0.1, -0.05) is 41.9 Å². The van der Waals surface area contributed by atoms with Crippen molar-refractivity contribution in [3.8, 4) is 5.75 Å². The summed E-state index contributed by atoms with van der Waals surface area (Å²) in [6.45, 7) is 4.33. The Labute approximate surface area is 154 Å². The average Bonchev–Trinajstić information content (AvgIpc) is 2.61. The van der Waals surface area contributed by atoms with Gasteiger partial charge in [-0.3, -0.25) is 0 Å². The number of nitrogens with one attached hydrogen (secondary N) is 1. The van der Waals surface area contributed by atoms with Crippen molar-refractivity contribution in [2.24, 2.45) is 0 Å². The lowest BCUT2D eigenvalue weighted by atomic mass is 10.1. The lowest BCUT2D eigenvalue weighted by molar-refractivity contribution is -0.883. The van der Waals surface area contributed by atoms with Crippen LogP contribution in [0.15, 0.2) is 54.6 Å². The Morgan fingerprint density at radius 1 is 1.08 bits per heavy atom. The Morgan fingerprint density at radius 3 is 2.44 bits per heavy atom. The van der Waals surface area contributed by atoms with E-state index >= 15 is 0 Å². The van der Waals surface area contributed by atoms with Gasteiger partial charge in [0.1, 0.15) is 31.5 Å². The Hall–Kier alpha value is -1.59. The molecule has 0 aliphatic heterocycles. The maximum Gasteiger partial charge on any atom is 0.137 e. The Balaban J connectivity index is 1.63. The molecule has 136 valence electrons. The smallest absolute Gasteiger partial charge is 0.137 e. The van der Waals surface area contributed by atoms with E-state index in [2.05, 4.69) is 0 Å². The molecule has 0 aromatic heterocycles. The summed E-state index contributed by atoms with van der Waals surface area (Å²) in [6.07, 6.45) is -0.583. The third-order valence-electron chi connectivity index (χ3n) is 4.00. The van der Waals surface area contributed by atoms with E-state index < -0.39 is 6.10 Å². The van der Waals surface area contributed by atoms with Gasteiger partial charge in [-0.05, 0) is 36.8 Å². The molecule has 0 heterocycles. The van der Waals surface area contributed by atoms with Crippen molar-refractivity contribution in [2.45, 2.75) is 19.1 Å². The van der Waals surface area contributed by atoms with Crippen molar-refractivity contribution in [2.75, 3.05) is 33.4 Å². The van der Waals surface area contributed by atoms with E-state index in [0.29, 0.717) is 24.8 Å². The molecular weight excluding hydrogens is 338 g/mol. The Kier molecular flexibility index (Phi) is 8.22. The van der Waals surface area contributed by atoms with Gasteiger partial charge in [-0.25, -0.2) is 0 Å².